The number of ether oxygens (including phenoxy) is 2. The summed E-state index contributed by atoms with van der Waals surface area (Å²) in [6.45, 7) is 5.57. The van der Waals surface area contributed by atoms with Crippen LogP contribution in [0.5, 0.6) is 5.75 Å². The molecule has 0 spiro atoms. The summed E-state index contributed by atoms with van der Waals surface area (Å²) in [5.41, 5.74) is 1.17. The molecule has 1 amide bonds. The van der Waals surface area contributed by atoms with E-state index in [0.717, 1.165) is 12.8 Å². The molecule has 0 aliphatic heterocycles. The average molecular weight is 387 g/mol. The lowest BCUT2D eigenvalue weighted by Crippen LogP contribution is -2.27. The predicted octanol–water partition coefficient (Wildman–Crippen LogP) is 5.20. The van der Waals surface area contributed by atoms with E-state index in [1.54, 1.807) is 51.1 Å². The van der Waals surface area contributed by atoms with E-state index < -0.39 is 17.8 Å². The second-order valence-electron chi connectivity index (χ2n) is 8.08. The summed E-state index contributed by atoms with van der Waals surface area (Å²) in [6, 6.07) is 11.3. The number of hydrogen-bond acceptors (Lipinski definition) is 4. The Hall–Kier alpha value is -2.60. The van der Waals surface area contributed by atoms with Crippen LogP contribution < -0.4 is 10.1 Å². The van der Waals surface area contributed by atoms with Crippen molar-refractivity contribution in [2.45, 2.75) is 51.9 Å². The van der Waals surface area contributed by atoms with Crippen molar-refractivity contribution in [1.29, 1.82) is 0 Å². The van der Waals surface area contributed by atoms with Crippen LogP contribution in [0.2, 0.25) is 0 Å². The summed E-state index contributed by atoms with van der Waals surface area (Å²) in [5.74, 6) is 0.397. The van der Waals surface area contributed by atoms with Gasteiger partial charge < -0.3 is 14.6 Å². The molecule has 1 atom stereocenters. The molecule has 1 saturated carbocycles. The molecule has 2 N–H and O–H groups in total. The molecular weight excluding hydrogens is 361 g/mol. The van der Waals surface area contributed by atoms with Gasteiger partial charge in [-0.25, -0.2) is 9.18 Å². The quantitative estimate of drug-likeness (QED) is 0.715. The van der Waals surface area contributed by atoms with E-state index in [4.69, 9.17) is 9.47 Å². The lowest BCUT2D eigenvalue weighted by molar-refractivity contribution is 0.0635. The van der Waals surface area contributed by atoms with E-state index in [0.29, 0.717) is 22.6 Å². The van der Waals surface area contributed by atoms with Crippen molar-refractivity contribution in [3.05, 3.63) is 59.4 Å². The van der Waals surface area contributed by atoms with E-state index >= 15 is 0 Å². The van der Waals surface area contributed by atoms with Crippen LogP contribution in [0.3, 0.4) is 0 Å². The van der Waals surface area contributed by atoms with Crippen molar-refractivity contribution in [2.24, 2.45) is 5.92 Å². The zero-order valence-corrected chi connectivity index (χ0v) is 16.4. The minimum Gasteiger partial charge on any atom is -0.489 e. The highest BCUT2D eigenvalue weighted by molar-refractivity contribution is 5.86. The number of benzene rings is 2. The van der Waals surface area contributed by atoms with Crippen LogP contribution in [-0.2, 0) is 11.3 Å². The Balaban J connectivity index is 1.76. The number of rotatable bonds is 6. The van der Waals surface area contributed by atoms with Gasteiger partial charge in [0.2, 0.25) is 0 Å². The van der Waals surface area contributed by atoms with E-state index in [1.807, 2.05) is 0 Å². The summed E-state index contributed by atoms with van der Waals surface area (Å²) in [4.78, 5) is 12.1. The maximum absolute atomic E-state index is 13.3. The number of anilines is 1. The fourth-order valence-electron chi connectivity index (χ4n) is 2.86. The first-order valence-electron chi connectivity index (χ1n) is 9.40. The van der Waals surface area contributed by atoms with Crippen LogP contribution in [0.15, 0.2) is 42.5 Å². The Morgan fingerprint density at radius 3 is 2.64 bits per heavy atom. The Morgan fingerprint density at radius 1 is 1.25 bits per heavy atom. The summed E-state index contributed by atoms with van der Waals surface area (Å²) in [5, 5.41) is 13.3. The van der Waals surface area contributed by atoms with Crippen LogP contribution in [0.25, 0.3) is 0 Å². The third-order valence-electron chi connectivity index (χ3n) is 4.34. The summed E-state index contributed by atoms with van der Waals surface area (Å²) in [7, 11) is 0. The molecule has 3 rings (SSSR count). The number of aliphatic hydroxyl groups excluding tert-OH is 1. The Kier molecular flexibility index (Phi) is 5.89. The van der Waals surface area contributed by atoms with Crippen molar-refractivity contribution in [2.75, 3.05) is 5.32 Å². The molecule has 0 heterocycles. The highest BCUT2D eigenvalue weighted by atomic mass is 19.1. The number of carbonyl (C=O) groups is 1. The number of halogens is 1. The molecule has 150 valence electrons. The molecule has 2 aromatic carbocycles. The number of carbonyl (C=O) groups excluding carboxylic acids is 1. The van der Waals surface area contributed by atoms with Crippen molar-refractivity contribution in [3.63, 3.8) is 0 Å². The van der Waals surface area contributed by atoms with Gasteiger partial charge in [-0.2, -0.15) is 0 Å². The zero-order valence-electron chi connectivity index (χ0n) is 16.4. The molecule has 6 heteroatoms. The van der Waals surface area contributed by atoms with Crippen LogP contribution in [0.1, 0.15) is 50.8 Å². The summed E-state index contributed by atoms with van der Waals surface area (Å²) >= 11 is 0. The molecule has 0 saturated heterocycles. The smallest absolute Gasteiger partial charge is 0.412 e. The SMILES string of the molecule is CC(C)(C)OC(=O)Nc1ccc(OCc2cccc(F)c2)cc1C(O)C1CC1. The average Bonchev–Trinajstić information content (AvgIpc) is 3.44. The molecule has 1 aliphatic carbocycles. The summed E-state index contributed by atoms with van der Waals surface area (Å²) in [6.07, 6.45) is 0.621. The van der Waals surface area contributed by atoms with Crippen LogP contribution >= 0.6 is 0 Å². The fourth-order valence-corrected chi connectivity index (χ4v) is 2.86. The van der Waals surface area contributed by atoms with Crippen molar-refractivity contribution < 1.29 is 23.8 Å². The van der Waals surface area contributed by atoms with Gasteiger partial charge in [-0.05, 0) is 75.4 Å². The van der Waals surface area contributed by atoms with Gasteiger partial charge in [0.25, 0.3) is 0 Å². The minimum absolute atomic E-state index is 0.178. The topological polar surface area (TPSA) is 67.8 Å². The third-order valence-corrected chi connectivity index (χ3v) is 4.34. The number of aliphatic hydroxyl groups is 1. The second-order valence-corrected chi connectivity index (χ2v) is 8.08. The minimum atomic E-state index is -0.692. The first-order chi connectivity index (χ1) is 13.2. The Bertz CT molecular complexity index is 843. The van der Waals surface area contributed by atoms with Gasteiger partial charge in [0, 0.05) is 5.56 Å². The van der Waals surface area contributed by atoms with E-state index in [9.17, 15) is 14.3 Å². The summed E-state index contributed by atoms with van der Waals surface area (Å²) < 4.78 is 24.4. The Morgan fingerprint density at radius 2 is 2.00 bits per heavy atom. The third kappa shape index (κ3) is 5.70. The molecule has 28 heavy (non-hydrogen) atoms. The van der Waals surface area contributed by atoms with Crippen LogP contribution in [0, 0.1) is 11.7 Å². The van der Waals surface area contributed by atoms with Crippen molar-refractivity contribution in [3.8, 4) is 5.75 Å². The molecule has 0 aromatic heterocycles. The van der Waals surface area contributed by atoms with Gasteiger partial charge in [-0.1, -0.05) is 12.1 Å². The maximum Gasteiger partial charge on any atom is 0.412 e. The standard InChI is InChI=1S/C22H26FNO4/c1-22(2,3)28-21(26)24-19-10-9-17(12-18(19)20(25)15-7-8-15)27-13-14-5-4-6-16(23)11-14/h4-6,9-12,15,20,25H,7-8,13H2,1-3H3,(H,24,26). The van der Waals surface area contributed by atoms with Crippen molar-refractivity contribution in [1.82, 2.24) is 0 Å². The molecule has 1 fully saturated rings. The van der Waals surface area contributed by atoms with E-state index in [1.165, 1.54) is 12.1 Å². The number of nitrogens with one attached hydrogen (secondary N) is 1. The van der Waals surface area contributed by atoms with Crippen LogP contribution in [-0.4, -0.2) is 16.8 Å². The van der Waals surface area contributed by atoms with Crippen molar-refractivity contribution >= 4 is 11.8 Å². The largest absolute Gasteiger partial charge is 0.489 e. The molecule has 2 aromatic rings. The Labute approximate surface area is 164 Å². The maximum atomic E-state index is 13.3. The second kappa shape index (κ2) is 8.19. The molecule has 1 aliphatic rings. The van der Waals surface area contributed by atoms with Gasteiger partial charge >= 0.3 is 6.09 Å². The molecule has 0 bridgehead atoms. The normalized spacial score (nSPS) is 15.0. The fraction of sp³-hybridized carbons (Fsp3) is 0.409. The molecule has 1 unspecified atom stereocenters. The first-order valence-corrected chi connectivity index (χ1v) is 9.40. The van der Waals surface area contributed by atoms with Gasteiger partial charge in [0.1, 0.15) is 23.8 Å². The lowest BCUT2D eigenvalue weighted by atomic mass is 10.0. The van der Waals surface area contributed by atoms with E-state index in [-0.39, 0.29) is 18.3 Å². The lowest BCUT2D eigenvalue weighted by Gasteiger charge is -2.22. The van der Waals surface area contributed by atoms with Gasteiger partial charge in [-0.15, -0.1) is 0 Å². The van der Waals surface area contributed by atoms with Gasteiger partial charge in [0.15, 0.2) is 0 Å². The van der Waals surface area contributed by atoms with Crippen LogP contribution in [0.4, 0.5) is 14.9 Å². The van der Waals surface area contributed by atoms with Gasteiger partial charge in [-0.3, -0.25) is 5.32 Å². The van der Waals surface area contributed by atoms with E-state index in [2.05, 4.69) is 5.32 Å². The monoisotopic (exact) mass is 387 g/mol. The highest BCUT2D eigenvalue weighted by Crippen LogP contribution is 2.44. The molecular formula is C22H26FNO4. The van der Waals surface area contributed by atoms with Gasteiger partial charge in [0.05, 0.1) is 11.8 Å². The number of hydrogen-bond donors (Lipinski definition) is 2. The molecule has 0 radical (unpaired) electrons. The predicted molar refractivity (Wildman–Crippen MR) is 105 cm³/mol. The first kappa shape index (κ1) is 20.1. The molecule has 5 nitrogen and oxygen atoms in total. The highest BCUT2D eigenvalue weighted by Gasteiger charge is 2.33. The number of amides is 1. The zero-order chi connectivity index (χ0) is 20.3.